The fourth-order valence-corrected chi connectivity index (χ4v) is 5.31. The molecule has 8 heteroatoms. The van der Waals surface area contributed by atoms with Crippen LogP contribution in [0.5, 0.6) is 0 Å². The first-order chi connectivity index (χ1) is 14.7. The summed E-state index contributed by atoms with van der Waals surface area (Å²) in [5.74, 6) is -0.289. The van der Waals surface area contributed by atoms with Gasteiger partial charge in [-0.3, -0.25) is 9.78 Å². The maximum absolute atomic E-state index is 12.8. The molecular formula is C23H26ClN3O3S. The third-order valence-electron chi connectivity index (χ3n) is 5.38. The van der Waals surface area contributed by atoms with Crippen LogP contribution in [0.1, 0.15) is 30.7 Å². The molecule has 164 valence electrons. The maximum atomic E-state index is 12.8. The Bertz CT molecular complexity index is 1240. The normalized spacial score (nSPS) is 11.8. The number of sulfonamides is 1. The Kier molecular flexibility index (Phi) is 6.99. The van der Waals surface area contributed by atoms with E-state index in [1.54, 1.807) is 13.8 Å². The highest BCUT2D eigenvalue weighted by molar-refractivity contribution is 7.89. The molecule has 0 saturated heterocycles. The van der Waals surface area contributed by atoms with Gasteiger partial charge in [0.1, 0.15) is 0 Å². The summed E-state index contributed by atoms with van der Waals surface area (Å²) in [6.45, 7) is 8.13. The van der Waals surface area contributed by atoms with E-state index < -0.39 is 10.0 Å². The first-order valence-electron chi connectivity index (χ1n) is 10.1. The van der Waals surface area contributed by atoms with Crippen LogP contribution in [0.15, 0.2) is 47.4 Å². The quantitative estimate of drug-likeness (QED) is 0.554. The molecule has 0 atom stereocenters. The van der Waals surface area contributed by atoms with Crippen molar-refractivity contribution in [2.24, 2.45) is 0 Å². The molecule has 0 aliphatic rings. The fraction of sp³-hybridized carbons (Fsp3) is 0.304. The van der Waals surface area contributed by atoms with Gasteiger partial charge in [0.2, 0.25) is 15.9 Å². The third kappa shape index (κ3) is 4.74. The molecule has 1 N–H and O–H groups in total. The number of nitrogens with one attached hydrogen (secondary N) is 1. The number of halogens is 1. The number of anilines is 1. The van der Waals surface area contributed by atoms with Crippen LogP contribution in [0, 0.1) is 13.8 Å². The number of carbonyl (C=O) groups excluding carboxylic acids is 1. The summed E-state index contributed by atoms with van der Waals surface area (Å²) in [6.07, 6.45) is 0.110. The lowest BCUT2D eigenvalue weighted by atomic mass is 9.99. The molecule has 0 aliphatic heterocycles. The number of aromatic nitrogens is 1. The Morgan fingerprint density at radius 3 is 2.45 bits per heavy atom. The molecule has 0 spiro atoms. The minimum Gasteiger partial charge on any atom is -0.324 e. The first-order valence-corrected chi connectivity index (χ1v) is 11.9. The minimum absolute atomic E-state index is 0.0932. The Morgan fingerprint density at radius 1 is 1.10 bits per heavy atom. The van der Waals surface area contributed by atoms with E-state index in [-0.39, 0.29) is 27.9 Å². The molecule has 1 heterocycles. The molecule has 0 unspecified atom stereocenters. The number of aryl methyl sites for hydroxylation is 2. The van der Waals surface area contributed by atoms with Crippen molar-refractivity contribution in [1.29, 1.82) is 0 Å². The topological polar surface area (TPSA) is 79.4 Å². The van der Waals surface area contributed by atoms with Crippen molar-refractivity contribution in [3.63, 3.8) is 0 Å². The summed E-state index contributed by atoms with van der Waals surface area (Å²) >= 11 is 6.25. The van der Waals surface area contributed by atoms with Gasteiger partial charge in [0.25, 0.3) is 0 Å². The molecule has 0 saturated carbocycles. The van der Waals surface area contributed by atoms with Crippen LogP contribution >= 0.6 is 11.6 Å². The second kappa shape index (κ2) is 9.34. The van der Waals surface area contributed by atoms with Crippen LogP contribution in [0.2, 0.25) is 5.02 Å². The van der Waals surface area contributed by atoms with E-state index in [4.69, 9.17) is 11.6 Å². The van der Waals surface area contributed by atoms with Gasteiger partial charge in [-0.2, -0.15) is 4.31 Å². The number of para-hydroxylation sites is 1. The van der Waals surface area contributed by atoms with Crippen LogP contribution in [0.3, 0.4) is 0 Å². The standard InChI is InChI=1S/C23H26ClN3O3S/c1-5-27(6-2)31(29,30)17-11-12-20(24)22(13-17)26-23(28)14-19-15(3)18-9-7-8-10-21(18)25-16(19)4/h7-13H,5-6,14H2,1-4H3,(H,26,28). The molecule has 3 aromatic rings. The summed E-state index contributed by atoms with van der Waals surface area (Å²) in [5, 5.41) is 4.04. The van der Waals surface area contributed by atoms with E-state index in [9.17, 15) is 13.2 Å². The minimum atomic E-state index is -3.66. The van der Waals surface area contributed by atoms with E-state index in [0.29, 0.717) is 13.1 Å². The maximum Gasteiger partial charge on any atom is 0.243 e. The molecule has 1 aromatic heterocycles. The molecule has 1 amide bonds. The summed E-state index contributed by atoms with van der Waals surface area (Å²) < 4.78 is 27.0. The van der Waals surface area contributed by atoms with E-state index in [1.165, 1.54) is 22.5 Å². The zero-order chi connectivity index (χ0) is 22.8. The van der Waals surface area contributed by atoms with Gasteiger partial charge in [0, 0.05) is 24.2 Å². The van der Waals surface area contributed by atoms with Gasteiger partial charge in [-0.1, -0.05) is 43.6 Å². The summed E-state index contributed by atoms with van der Waals surface area (Å²) in [4.78, 5) is 17.5. The van der Waals surface area contributed by atoms with Crippen molar-refractivity contribution >= 4 is 44.1 Å². The molecule has 31 heavy (non-hydrogen) atoms. The lowest BCUT2D eigenvalue weighted by Gasteiger charge is -2.19. The zero-order valence-corrected chi connectivity index (χ0v) is 19.6. The Morgan fingerprint density at radius 2 is 1.77 bits per heavy atom. The van der Waals surface area contributed by atoms with E-state index >= 15 is 0 Å². The number of hydrogen-bond acceptors (Lipinski definition) is 4. The van der Waals surface area contributed by atoms with Crippen molar-refractivity contribution in [2.45, 2.75) is 39.0 Å². The highest BCUT2D eigenvalue weighted by Crippen LogP contribution is 2.28. The number of pyridine rings is 1. The summed E-state index contributed by atoms with van der Waals surface area (Å²) in [6, 6.07) is 12.2. The third-order valence-corrected chi connectivity index (χ3v) is 7.75. The number of carbonyl (C=O) groups is 1. The van der Waals surface area contributed by atoms with Crippen molar-refractivity contribution in [1.82, 2.24) is 9.29 Å². The average molecular weight is 460 g/mol. The Balaban J connectivity index is 1.89. The summed E-state index contributed by atoms with van der Waals surface area (Å²) in [7, 11) is -3.66. The molecule has 0 aliphatic carbocycles. The van der Waals surface area contributed by atoms with Crippen molar-refractivity contribution in [2.75, 3.05) is 18.4 Å². The number of benzene rings is 2. The van der Waals surface area contributed by atoms with Gasteiger partial charge in [0.15, 0.2) is 0 Å². The van der Waals surface area contributed by atoms with Crippen LogP contribution < -0.4 is 5.32 Å². The highest BCUT2D eigenvalue weighted by Gasteiger charge is 2.23. The van der Waals surface area contributed by atoms with Gasteiger partial charge >= 0.3 is 0 Å². The van der Waals surface area contributed by atoms with Crippen LogP contribution in [-0.4, -0.2) is 36.7 Å². The summed E-state index contributed by atoms with van der Waals surface area (Å²) in [5.41, 5.74) is 3.79. The Labute approximate surface area is 188 Å². The number of fused-ring (bicyclic) bond motifs is 1. The lowest BCUT2D eigenvalue weighted by Crippen LogP contribution is -2.30. The fourth-order valence-electron chi connectivity index (χ4n) is 3.66. The number of hydrogen-bond donors (Lipinski definition) is 1. The lowest BCUT2D eigenvalue weighted by molar-refractivity contribution is -0.115. The number of rotatable bonds is 7. The van der Waals surface area contributed by atoms with Crippen molar-refractivity contribution < 1.29 is 13.2 Å². The molecule has 0 radical (unpaired) electrons. The van der Waals surface area contributed by atoms with E-state index in [0.717, 1.165) is 27.7 Å². The second-order valence-corrected chi connectivity index (χ2v) is 9.62. The van der Waals surface area contributed by atoms with Crippen LogP contribution in [0.25, 0.3) is 10.9 Å². The van der Waals surface area contributed by atoms with Crippen LogP contribution in [-0.2, 0) is 21.2 Å². The largest absolute Gasteiger partial charge is 0.324 e. The molecule has 0 bridgehead atoms. The number of nitrogens with zero attached hydrogens (tertiary/aromatic N) is 2. The predicted octanol–water partition coefficient (Wildman–Crippen LogP) is 4.72. The van der Waals surface area contributed by atoms with E-state index in [1.807, 2.05) is 38.1 Å². The highest BCUT2D eigenvalue weighted by atomic mass is 35.5. The van der Waals surface area contributed by atoms with Gasteiger partial charge in [-0.25, -0.2) is 8.42 Å². The predicted molar refractivity (Wildman–Crippen MR) is 125 cm³/mol. The van der Waals surface area contributed by atoms with Gasteiger partial charge in [-0.05, 0) is 49.2 Å². The smallest absolute Gasteiger partial charge is 0.243 e. The second-order valence-electron chi connectivity index (χ2n) is 7.27. The molecule has 6 nitrogen and oxygen atoms in total. The monoisotopic (exact) mass is 459 g/mol. The van der Waals surface area contributed by atoms with Gasteiger partial charge in [0.05, 0.1) is 27.5 Å². The van der Waals surface area contributed by atoms with Crippen molar-refractivity contribution in [3.05, 3.63) is 64.3 Å². The SMILES string of the molecule is CCN(CC)S(=O)(=O)c1ccc(Cl)c(NC(=O)Cc2c(C)nc3ccccc3c2C)c1. The molecule has 0 fully saturated rings. The van der Waals surface area contributed by atoms with Crippen LogP contribution in [0.4, 0.5) is 5.69 Å². The zero-order valence-electron chi connectivity index (χ0n) is 18.1. The molecular weight excluding hydrogens is 434 g/mol. The molecule has 2 aromatic carbocycles. The van der Waals surface area contributed by atoms with Gasteiger partial charge < -0.3 is 5.32 Å². The Hall–Kier alpha value is -2.48. The van der Waals surface area contributed by atoms with E-state index in [2.05, 4.69) is 10.3 Å². The number of amides is 1. The molecule has 3 rings (SSSR count). The average Bonchev–Trinajstić information content (AvgIpc) is 2.73. The van der Waals surface area contributed by atoms with Gasteiger partial charge in [-0.15, -0.1) is 0 Å². The van der Waals surface area contributed by atoms with Crippen molar-refractivity contribution in [3.8, 4) is 0 Å². The first kappa shape index (κ1) is 23.2.